The van der Waals surface area contributed by atoms with E-state index in [4.69, 9.17) is 0 Å². The summed E-state index contributed by atoms with van der Waals surface area (Å²) in [5.41, 5.74) is 2.94. The minimum Gasteiger partial charge on any atom is -0.317 e. The summed E-state index contributed by atoms with van der Waals surface area (Å²) in [6, 6.07) is 13.1. The van der Waals surface area contributed by atoms with Gasteiger partial charge in [0.25, 0.3) is 11.5 Å². The second kappa shape index (κ2) is 6.76. The number of amides is 1. The normalized spacial score (nSPS) is 10.7. The number of hydrogen-bond acceptors (Lipinski definition) is 3. The summed E-state index contributed by atoms with van der Waals surface area (Å²) in [5.74, 6) is -0.322. The topological polar surface area (TPSA) is 68.9 Å². The molecule has 25 heavy (non-hydrogen) atoms. The third-order valence-corrected chi connectivity index (χ3v) is 4.20. The monoisotopic (exact) mass is 336 g/mol. The van der Waals surface area contributed by atoms with E-state index in [1.165, 1.54) is 0 Å². The summed E-state index contributed by atoms with van der Waals surface area (Å²) in [5, 5.41) is 6.96. The molecule has 0 saturated carbocycles. The van der Waals surface area contributed by atoms with Crippen molar-refractivity contribution >= 4 is 11.6 Å². The Morgan fingerprint density at radius 2 is 1.84 bits per heavy atom. The summed E-state index contributed by atoms with van der Waals surface area (Å²) in [7, 11) is 1.79. The molecule has 3 aromatic rings. The molecule has 0 saturated heterocycles. The smallest absolute Gasteiger partial charge is 0.274 e. The molecule has 0 radical (unpaired) electrons. The molecule has 0 aliphatic carbocycles. The fraction of sp³-hybridized carbons (Fsp3) is 0.211. The molecule has 128 valence electrons. The van der Waals surface area contributed by atoms with Gasteiger partial charge in [-0.1, -0.05) is 30.3 Å². The van der Waals surface area contributed by atoms with Gasteiger partial charge in [0.2, 0.25) is 0 Å². The molecule has 1 aromatic carbocycles. The lowest BCUT2D eigenvalue weighted by atomic mass is 10.2. The van der Waals surface area contributed by atoms with Crippen molar-refractivity contribution < 1.29 is 4.79 Å². The van der Waals surface area contributed by atoms with E-state index in [0.29, 0.717) is 17.8 Å². The van der Waals surface area contributed by atoms with Crippen molar-refractivity contribution in [1.29, 1.82) is 0 Å². The minimum atomic E-state index is -0.322. The van der Waals surface area contributed by atoms with Gasteiger partial charge >= 0.3 is 0 Å². The largest absolute Gasteiger partial charge is 0.317 e. The van der Waals surface area contributed by atoms with Crippen LogP contribution in [0.3, 0.4) is 0 Å². The van der Waals surface area contributed by atoms with Crippen LogP contribution in [0, 0.1) is 13.8 Å². The van der Waals surface area contributed by atoms with E-state index < -0.39 is 0 Å². The number of aromatic nitrogens is 3. The number of benzene rings is 1. The van der Waals surface area contributed by atoms with E-state index in [2.05, 4.69) is 10.4 Å². The predicted molar refractivity (Wildman–Crippen MR) is 96.9 cm³/mol. The molecule has 0 aliphatic rings. The highest BCUT2D eigenvalue weighted by Crippen LogP contribution is 2.14. The van der Waals surface area contributed by atoms with Crippen molar-refractivity contribution in [1.82, 2.24) is 14.3 Å². The molecule has 0 bridgehead atoms. The Balaban J connectivity index is 1.87. The molecule has 6 heteroatoms. The van der Waals surface area contributed by atoms with E-state index in [1.54, 1.807) is 41.5 Å². The molecule has 1 amide bonds. The van der Waals surface area contributed by atoms with Crippen molar-refractivity contribution in [2.24, 2.45) is 7.05 Å². The Kier molecular flexibility index (Phi) is 4.52. The Hall–Kier alpha value is -3.15. The Morgan fingerprint density at radius 1 is 1.12 bits per heavy atom. The van der Waals surface area contributed by atoms with Crippen molar-refractivity contribution in [3.8, 4) is 0 Å². The average molecular weight is 336 g/mol. The van der Waals surface area contributed by atoms with E-state index in [1.807, 2.05) is 37.3 Å². The molecule has 0 atom stereocenters. The SMILES string of the molecule is Cc1nn(C)c(C)c1C(=O)Nc1cccn(Cc2ccccc2)c1=O. The van der Waals surface area contributed by atoms with Gasteiger partial charge in [-0.15, -0.1) is 0 Å². The maximum atomic E-state index is 12.6. The van der Waals surface area contributed by atoms with E-state index >= 15 is 0 Å². The van der Waals surface area contributed by atoms with E-state index in [0.717, 1.165) is 11.3 Å². The van der Waals surface area contributed by atoms with Crippen LogP contribution in [0.2, 0.25) is 0 Å². The van der Waals surface area contributed by atoms with Gasteiger partial charge in [0.05, 0.1) is 17.8 Å². The fourth-order valence-electron chi connectivity index (χ4n) is 2.82. The van der Waals surface area contributed by atoms with Crippen molar-refractivity contribution in [2.45, 2.75) is 20.4 Å². The van der Waals surface area contributed by atoms with Crippen molar-refractivity contribution in [3.05, 3.63) is 81.5 Å². The lowest BCUT2D eigenvalue weighted by Crippen LogP contribution is -2.26. The third-order valence-electron chi connectivity index (χ3n) is 4.20. The van der Waals surface area contributed by atoms with Crippen molar-refractivity contribution in [2.75, 3.05) is 5.32 Å². The second-order valence-corrected chi connectivity index (χ2v) is 5.96. The summed E-state index contributed by atoms with van der Waals surface area (Å²) < 4.78 is 3.23. The molecule has 0 spiro atoms. The van der Waals surface area contributed by atoms with Gasteiger partial charge < -0.3 is 9.88 Å². The van der Waals surface area contributed by atoms with Gasteiger partial charge in [0.1, 0.15) is 5.69 Å². The number of rotatable bonds is 4. The number of hydrogen-bond donors (Lipinski definition) is 1. The quantitative estimate of drug-likeness (QED) is 0.796. The first-order valence-corrected chi connectivity index (χ1v) is 8.02. The number of nitrogens with one attached hydrogen (secondary N) is 1. The van der Waals surface area contributed by atoms with E-state index in [-0.39, 0.29) is 17.2 Å². The maximum absolute atomic E-state index is 12.6. The molecule has 0 unspecified atom stereocenters. The molecule has 2 heterocycles. The highest BCUT2D eigenvalue weighted by Gasteiger charge is 2.18. The highest BCUT2D eigenvalue weighted by molar-refractivity contribution is 6.05. The predicted octanol–water partition coefficient (Wildman–Crippen LogP) is 2.50. The Labute approximate surface area is 145 Å². The lowest BCUT2D eigenvalue weighted by Gasteiger charge is -2.09. The maximum Gasteiger partial charge on any atom is 0.274 e. The molecule has 1 N–H and O–H groups in total. The highest BCUT2D eigenvalue weighted by atomic mass is 16.2. The van der Waals surface area contributed by atoms with E-state index in [9.17, 15) is 9.59 Å². The summed E-state index contributed by atoms with van der Waals surface area (Å²) >= 11 is 0. The first-order valence-electron chi connectivity index (χ1n) is 8.02. The van der Waals surface area contributed by atoms with Crippen LogP contribution in [0.1, 0.15) is 27.3 Å². The van der Waals surface area contributed by atoms with Crippen LogP contribution in [0.25, 0.3) is 0 Å². The number of carbonyl (C=O) groups excluding carboxylic acids is 1. The van der Waals surface area contributed by atoms with Crippen LogP contribution in [0.4, 0.5) is 5.69 Å². The molecule has 3 rings (SSSR count). The van der Waals surface area contributed by atoms with Gasteiger partial charge in [0.15, 0.2) is 0 Å². The van der Waals surface area contributed by atoms with Gasteiger partial charge in [-0.3, -0.25) is 14.3 Å². The fourth-order valence-corrected chi connectivity index (χ4v) is 2.82. The number of nitrogens with zero attached hydrogens (tertiary/aromatic N) is 3. The molecule has 6 nitrogen and oxygen atoms in total. The molecule has 0 fully saturated rings. The summed E-state index contributed by atoms with van der Waals surface area (Å²) in [6.07, 6.45) is 1.71. The van der Waals surface area contributed by atoms with Crippen molar-refractivity contribution in [3.63, 3.8) is 0 Å². The van der Waals surface area contributed by atoms with Crippen LogP contribution in [-0.4, -0.2) is 20.3 Å². The van der Waals surface area contributed by atoms with Crippen LogP contribution < -0.4 is 10.9 Å². The molecule has 0 aliphatic heterocycles. The van der Waals surface area contributed by atoms with Gasteiger partial charge in [-0.25, -0.2) is 0 Å². The zero-order valence-corrected chi connectivity index (χ0v) is 14.5. The number of anilines is 1. The number of pyridine rings is 1. The first-order chi connectivity index (χ1) is 12.0. The average Bonchev–Trinajstić information content (AvgIpc) is 2.84. The van der Waals surface area contributed by atoms with Gasteiger partial charge in [0, 0.05) is 18.9 Å². The standard InChI is InChI=1S/C19H20N4O2/c1-13-17(14(2)22(3)21-13)18(24)20-16-10-7-11-23(19(16)25)12-15-8-5-4-6-9-15/h4-11H,12H2,1-3H3,(H,20,24). The Bertz CT molecular complexity index is 971. The first kappa shape index (κ1) is 16.7. The van der Waals surface area contributed by atoms with Gasteiger partial charge in [-0.2, -0.15) is 5.10 Å². The van der Waals surface area contributed by atoms with Crippen LogP contribution in [0.5, 0.6) is 0 Å². The number of aryl methyl sites for hydroxylation is 2. The number of carbonyl (C=O) groups is 1. The summed E-state index contributed by atoms with van der Waals surface area (Å²) in [6.45, 7) is 4.06. The molecular weight excluding hydrogens is 316 g/mol. The zero-order valence-electron chi connectivity index (χ0n) is 14.5. The van der Waals surface area contributed by atoms with Gasteiger partial charge in [-0.05, 0) is 31.5 Å². The molecule has 2 aromatic heterocycles. The minimum absolute atomic E-state index is 0.237. The van der Waals surface area contributed by atoms with Crippen LogP contribution in [0.15, 0.2) is 53.5 Å². The lowest BCUT2D eigenvalue weighted by molar-refractivity contribution is 0.102. The van der Waals surface area contributed by atoms with Crippen LogP contribution >= 0.6 is 0 Å². The zero-order chi connectivity index (χ0) is 18.0. The Morgan fingerprint density at radius 3 is 2.48 bits per heavy atom. The summed E-state index contributed by atoms with van der Waals surface area (Å²) in [4.78, 5) is 25.2. The van der Waals surface area contributed by atoms with Crippen LogP contribution in [-0.2, 0) is 13.6 Å². The molecular formula is C19H20N4O2. The third kappa shape index (κ3) is 3.38. The second-order valence-electron chi connectivity index (χ2n) is 5.96.